The van der Waals surface area contributed by atoms with Crippen molar-refractivity contribution in [2.75, 3.05) is 0 Å². The Morgan fingerprint density at radius 2 is 1.90 bits per heavy atom. The van der Waals surface area contributed by atoms with Gasteiger partial charge in [0.05, 0.1) is 4.90 Å². The summed E-state index contributed by atoms with van der Waals surface area (Å²) in [6.07, 6.45) is 0. The predicted molar refractivity (Wildman–Crippen MR) is 77.4 cm³/mol. The molecule has 0 amide bonds. The molecule has 0 unspecified atom stereocenters. The highest BCUT2D eigenvalue weighted by atomic mass is 35.5. The van der Waals surface area contributed by atoms with Gasteiger partial charge in [-0.15, -0.1) is 0 Å². The van der Waals surface area contributed by atoms with E-state index in [9.17, 15) is 18.3 Å². The Kier molecular flexibility index (Phi) is 4.84. The second-order valence-corrected chi connectivity index (χ2v) is 7.71. The highest BCUT2D eigenvalue weighted by Crippen LogP contribution is 2.25. The van der Waals surface area contributed by atoms with Gasteiger partial charge in [-0.05, 0) is 30.0 Å². The quantitative estimate of drug-likeness (QED) is 0.892. The van der Waals surface area contributed by atoms with Gasteiger partial charge in [-0.1, -0.05) is 38.4 Å². The summed E-state index contributed by atoms with van der Waals surface area (Å²) in [5, 5.41) is 9.51. The van der Waals surface area contributed by atoms with E-state index in [0.717, 1.165) is 0 Å². The first-order valence-corrected chi connectivity index (χ1v) is 7.83. The maximum Gasteiger partial charge on any atom is 0.322 e. The van der Waals surface area contributed by atoms with Crippen LogP contribution in [0.1, 0.15) is 26.3 Å². The number of aliphatic carboxylic acids is 1. The second kappa shape index (κ2) is 5.71. The Labute approximate surface area is 124 Å². The van der Waals surface area contributed by atoms with E-state index in [1.54, 1.807) is 33.8 Å². The zero-order valence-corrected chi connectivity index (χ0v) is 13.3. The highest BCUT2D eigenvalue weighted by Gasteiger charge is 2.35. The van der Waals surface area contributed by atoms with Crippen LogP contribution in [0.15, 0.2) is 23.1 Å². The van der Waals surface area contributed by atoms with Crippen LogP contribution in [0.25, 0.3) is 0 Å². The lowest BCUT2D eigenvalue weighted by molar-refractivity contribution is -0.141. The van der Waals surface area contributed by atoms with E-state index in [1.165, 1.54) is 12.1 Å². The van der Waals surface area contributed by atoms with Crippen LogP contribution in [0.2, 0.25) is 5.02 Å². The van der Waals surface area contributed by atoms with E-state index in [0.29, 0.717) is 10.6 Å². The van der Waals surface area contributed by atoms with E-state index < -0.39 is 27.4 Å². The molecule has 1 aromatic carbocycles. The molecule has 2 N–H and O–H groups in total. The largest absolute Gasteiger partial charge is 0.480 e. The summed E-state index contributed by atoms with van der Waals surface area (Å²) in [5.74, 6) is -1.22. The molecule has 0 bridgehead atoms. The van der Waals surface area contributed by atoms with Gasteiger partial charge in [0, 0.05) is 5.02 Å². The molecule has 1 aromatic rings. The van der Waals surface area contributed by atoms with Crippen LogP contribution in [-0.2, 0) is 14.8 Å². The zero-order valence-electron chi connectivity index (χ0n) is 11.8. The van der Waals surface area contributed by atoms with Crippen LogP contribution in [0.5, 0.6) is 0 Å². The molecular formula is C13H18ClNO4S. The molecule has 0 radical (unpaired) electrons. The van der Waals surface area contributed by atoms with E-state index >= 15 is 0 Å². The molecule has 0 aliphatic heterocycles. The van der Waals surface area contributed by atoms with Gasteiger partial charge in [0.25, 0.3) is 0 Å². The minimum absolute atomic E-state index is 0.0134. The minimum Gasteiger partial charge on any atom is -0.480 e. The topological polar surface area (TPSA) is 83.5 Å². The Morgan fingerprint density at radius 1 is 1.35 bits per heavy atom. The van der Waals surface area contributed by atoms with Crippen LogP contribution < -0.4 is 4.72 Å². The van der Waals surface area contributed by atoms with Crippen molar-refractivity contribution in [2.24, 2.45) is 5.41 Å². The molecule has 0 aromatic heterocycles. The van der Waals surface area contributed by atoms with Crippen LogP contribution in [-0.4, -0.2) is 25.5 Å². The van der Waals surface area contributed by atoms with Crippen molar-refractivity contribution in [1.82, 2.24) is 4.72 Å². The van der Waals surface area contributed by atoms with Crippen LogP contribution >= 0.6 is 11.6 Å². The van der Waals surface area contributed by atoms with Gasteiger partial charge in [0.1, 0.15) is 6.04 Å². The van der Waals surface area contributed by atoms with Gasteiger partial charge in [-0.2, -0.15) is 4.72 Å². The van der Waals surface area contributed by atoms with E-state index in [1.807, 2.05) is 0 Å². The van der Waals surface area contributed by atoms with Crippen molar-refractivity contribution in [3.8, 4) is 0 Å². The summed E-state index contributed by atoms with van der Waals surface area (Å²) >= 11 is 5.90. The predicted octanol–water partition coefficient (Wildman–Crippen LogP) is 2.43. The molecule has 0 saturated carbocycles. The van der Waals surface area contributed by atoms with E-state index in [2.05, 4.69) is 4.72 Å². The lowest BCUT2D eigenvalue weighted by Crippen LogP contribution is -2.49. The van der Waals surface area contributed by atoms with Gasteiger partial charge in [0.15, 0.2) is 0 Å². The fourth-order valence-electron chi connectivity index (χ4n) is 1.70. The molecule has 1 atom stereocenters. The van der Waals surface area contributed by atoms with Gasteiger partial charge < -0.3 is 5.11 Å². The van der Waals surface area contributed by atoms with Crippen molar-refractivity contribution in [3.05, 3.63) is 28.8 Å². The van der Waals surface area contributed by atoms with E-state index in [-0.39, 0.29) is 4.90 Å². The first-order chi connectivity index (χ1) is 8.97. The summed E-state index contributed by atoms with van der Waals surface area (Å²) in [6, 6.07) is 3.25. The normalized spacial score (nSPS) is 14.1. The number of hydrogen-bond acceptors (Lipinski definition) is 3. The highest BCUT2D eigenvalue weighted by molar-refractivity contribution is 7.89. The van der Waals surface area contributed by atoms with Gasteiger partial charge in [-0.25, -0.2) is 8.42 Å². The second-order valence-electron chi connectivity index (χ2n) is 5.62. The fourth-order valence-corrected chi connectivity index (χ4v) is 3.59. The van der Waals surface area contributed by atoms with Gasteiger partial charge >= 0.3 is 5.97 Å². The number of halogens is 1. The van der Waals surface area contributed by atoms with Crippen LogP contribution in [0.4, 0.5) is 0 Å². The molecular weight excluding hydrogens is 302 g/mol. The molecule has 0 fully saturated rings. The average molecular weight is 320 g/mol. The lowest BCUT2D eigenvalue weighted by atomic mass is 9.88. The summed E-state index contributed by atoms with van der Waals surface area (Å²) in [4.78, 5) is 11.2. The number of rotatable bonds is 4. The number of carboxylic acid groups (broad SMARTS) is 1. The molecule has 0 saturated heterocycles. The summed E-state index contributed by atoms with van der Waals surface area (Å²) in [7, 11) is -3.96. The summed E-state index contributed by atoms with van der Waals surface area (Å²) < 4.78 is 26.9. The van der Waals surface area contributed by atoms with Crippen LogP contribution in [0, 0.1) is 12.3 Å². The Bertz CT molecular complexity index is 620. The Hall–Kier alpha value is -1.11. The smallest absolute Gasteiger partial charge is 0.322 e. The van der Waals surface area contributed by atoms with Crippen molar-refractivity contribution in [1.29, 1.82) is 0 Å². The third kappa shape index (κ3) is 3.71. The van der Waals surface area contributed by atoms with E-state index in [4.69, 9.17) is 11.6 Å². The molecule has 5 nitrogen and oxygen atoms in total. The monoisotopic (exact) mass is 319 g/mol. The maximum atomic E-state index is 12.3. The Balaban J connectivity index is 3.24. The number of hydrogen-bond donors (Lipinski definition) is 2. The number of carbonyl (C=O) groups is 1. The molecule has 112 valence electrons. The molecule has 1 rings (SSSR count). The summed E-state index contributed by atoms with van der Waals surface area (Å²) in [6.45, 7) is 6.53. The van der Waals surface area contributed by atoms with Crippen molar-refractivity contribution < 1.29 is 18.3 Å². The molecule has 20 heavy (non-hydrogen) atoms. The van der Waals surface area contributed by atoms with Crippen molar-refractivity contribution >= 4 is 27.6 Å². The van der Waals surface area contributed by atoms with Crippen molar-refractivity contribution in [2.45, 2.75) is 38.6 Å². The van der Waals surface area contributed by atoms with Crippen LogP contribution in [0.3, 0.4) is 0 Å². The SMILES string of the molecule is Cc1c(Cl)cccc1S(=O)(=O)N[C@@H](C(=O)O)C(C)(C)C. The fraction of sp³-hybridized carbons (Fsp3) is 0.462. The lowest BCUT2D eigenvalue weighted by Gasteiger charge is -2.27. The maximum absolute atomic E-state index is 12.3. The third-order valence-electron chi connectivity index (χ3n) is 2.89. The molecule has 0 spiro atoms. The standard InChI is InChI=1S/C13H18ClNO4S/c1-8-9(14)6-5-7-10(8)20(18,19)15-11(12(16)17)13(2,3)4/h5-7,11,15H,1-4H3,(H,16,17)/t11-/m0/s1. The number of benzene rings is 1. The molecule has 0 aliphatic rings. The zero-order chi connectivity index (χ0) is 15.7. The average Bonchev–Trinajstić information content (AvgIpc) is 2.27. The molecule has 0 heterocycles. The molecule has 0 aliphatic carbocycles. The number of nitrogens with one attached hydrogen (secondary N) is 1. The minimum atomic E-state index is -3.96. The van der Waals surface area contributed by atoms with Crippen molar-refractivity contribution in [3.63, 3.8) is 0 Å². The number of sulfonamides is 1. The summed E-state index contributed by atoms with van der Waals surface area (Å²) in [5.41, 5.74) is -0.370. The van der Waals surface area contributed by atoms with Gasteiger partial charge in [0.2, 0.25) is 10.0 Å². The first kappa shape index (κ1) is 16.9. The molecule has 7 heteroatoms. The number of carboxylic acids is 1. The third-order valence-corrected chi connectivity index (χ3v) is 4.87. The first-order valence-electron chi connectivity index (χ1n) is 5.97. The van der Waals surface area contributed by atoms with Gasteiger partial charge in [-0.3, -0.25) is 4.79 Å². The Morgan fingerprint density at radius 3 is 2.35 bits per heavy atom.